The molecule has 0 radical (unpaired) electrons. The molecule has 3 nitrogen and oxygen atoms in total. The standard InChI is InChI=1S/C7H6.C5H7NO2/c1-2-6-4-7(3-1)5-6;1-4-2-6-5(3-7)8-4/h1-4H,5H2;3,5-6H,1-2H2. The quantitative estimate of drug-likeness (QED) is 0.708. The van der Waals surface area contributed by atoms with Gasteiger partial charge >= 0.3 is 0 Å². The van der Waals surface area contributed by atoms with Gasteiger partial charge in [0.2, 0.25) is 6.23 Å². The van der Waals surface area contributed by atoms with Crippen LogP contribution in [0.1, 0.15) is 11.1 Å². The van der Waals surface area contributed by atoms with Gasteiger partial charge in [0.25, 0.3) is 0 Å². The fraction of sp³-hybridized carbons (Fsp3) is 0.250. The van der Waals surface area contributed by atoms with Gasteiger partial charge in [0.1, 0.15) is 5.76 Å². The molecule has 2 bridgehead atoms. The first-order valence-corrected chi connectivity index (χ1v) is 4.89. The highest BCUT2D eigenvalue weighted by Crippen LogP contribution is 2.18. The Balaban J connectivity index is 0.000000114. The topological polar surface area (TPSA) is 38.3 Å². The normalized spacial score (nSPS) is 20.8. The fourth-order valence-electron chi connectivity index (χ4n) is 1.51. The van der Waals surface area contributed by atoms with E-state index >= 15 is 0 Å². The molecule has 0 spiro atoms. The van der Waals surface area contributed by atoms with E-state index in [9.17, 15) is 4.79 Å². The molecule has 1 heterocycles. The minimum atomic E-state index is -0.456. The van der Waals surface area contributed by atoms with Crippen molar-refractivity contribution in [3.05, 3.63) is 47.7 Å². The highest BCUT2D eigenvalue weighted by atomic mass is 16.5. The second-order valence-electron chi connectivity index (χ2n) is 3.59. The maximum atomic E-state index is 9.92. The molecule has 4 rings (SSSR count). The number of benzene rings is 1. The lowest BCUT2D eigenvalue weighted by molar-refractivity contribution is -0.115. The summed E-state index contributed by atoms with van der Waals surface area (Å²) in [7, 11) is 0. The van der Waals surface area contributed by atoms with Crippen molar-refractivity contribution >= 4 is 6.29 Å². The zero-order chi connectivity index (χ0) is 10.7. The number of ether oxygens (including phenoxy) is 1. The van der Waals surface area contributed by atoms with E-state index in [-0.39, 0.29) is 0 Å². The summed E-state index contributed by atoms with van der Waals surface area (Å²) in [6.45, 7) is 4.10. The maximum absolute atomic E-state index is 9.92. The van der Waals surface area contributed by atoms with Crippen molar-refractivity contribution < 1.29 is 9.53 Å². The third kappa shape index (κ3) is 2.44. The summed E-state index contributed by atoms with van der Waals surface area (Å²) in [5, 5.41) is 2.77. The van der Waals surface area contributed by atoms with Crippen LogP contribution in [0.25, 0.3) is 0 Å². The van der Waals surface area contributed by atoms with Crippen LogP contribution < -0.4 is 5.32 Å². The van der Waals surface area contributed by atoms with Gasteiger partial charge in [-0.2, -0.15) is 0 Å². The van der Waals surface area contributed by atoms with Crippen molar-refractivity contribution in [2.24, 2.45) is 0 Å². The van der Waals surface area contributed by atoms with Crippen molar-refractivity contribution in [2.75, 3.05) is 6.54 Å². The molecule has 3 heteroatoms. The highest BCUT2D eigenvalue weighted by Gasteiger charge is 2.15. The van der Waals surface area contributed by atoms with E-state index in [4.69, 9.17) is 4.74 Å². The number of carbonyl (C=O) groups excluding carboxylic acids is 1. The minimum absolute atomic E-state index is 0.456. The van der Waals surface area contributed by atoms with Crippen LogP contribution in [0.3, 0.4) is 0 Å². The van der Waals surface area contributed by atoms with E-state index in [2.05, 4.69) is 36.2 Å². The Morgan fingerprint density at radius 1 is 1.47 bits per heavy atom. The molecule has 0 saturated carbocycles. The van der Waals surface area contributed by atoms with Gasteiger partial charge in [0.15, 0.2) is 6.29 Å². The Kier molecular flexibility index (Phi) is 2.83. The number of carbonyl (C=O) groups is 1. The molecular formula is C12H13NO2. The second-order valence-corrected chi connectivity index (χ2v) is 3.59. The average Bonchev–Trinajstić information content (AvgIpc) is 2.65. The number of fused-ring (bicyclic) bond motifs is 2. The van der Waals surface area contributed by atoms with Crippen LogP contribution >= 0.6 is 0 Å². The zero-order valence-electron chi connectivity index (χ0n) is 8.40. The fourth-order valence-corrected chi connectivity index (χ4v) is 1.51. The predicted octanol–water partition coefficient (Wildman–Crippen LogP) is 1.24. The van der Waals surface area contributed by atoms with E-state index in [1.54, 1.807) is 0 Å². The first-order valence-electron chi connectivity index (χ1n) is 4.89. The summed E-state index contributed by atoms with van der Waals surface area (Å²) < 4.78 is 4.84. The van der Waals surface area contributed by atoms with Gasteiger partial charge in [-0.25, -0.2) is 0 Å². The summed E-state index contributed by atoms with van der Waals surface area (Å²) in [5.41, 5.74) is 2.97. The van der Waals surface area contributed by atoms with Gasteiger partial charge in [0.05, 0.1) is 6.54 Å². The molecule has 0 amide bonds. The van der Waals surface area contributed by atoms with Crippen LogP contribution in [0.4, 0.5) is 0 Å². The molecule has 1 unspecified atom stereocenters. The number of aldehydes is 1. The molecule has 2 aliphatic carbocycles. The number of nitrogens with one attached hydrogen (secondary N) is 1. The molecule has 15 heavy (non-hydrogen) atoms. The Bertz CT molecular complexity index is 362. The Hall–Kier alpha value is -1.61. The summed E-state index contributed by atoms with van der Waals surface area (Å²) in [5.74, 6) is 0.627. The molecule has 1 saturated heterocycles. The molecular weight excluding hydrogens is 190 g/mol. The molecule has 0 aromatic heterocycles. The summed E-state index contributed by atoms with van der Waals surface area (Å²) in [6, 6.07) is 8.65. The van der Waals surface area contributed by atoms with E-state index < -0.39 is 6.23 Å². The summed E-state index contributed by atoms with van der Waals surface area (Å²) in [6.07, 6.45) is 1.47. The van der Waals surface area contributed by atoms with Gasteiger partial charge in [0, 0.05) is 0 Å². The average molecular weight is 203 g/mol. The smallest absolute Gasteiger partial charge is 0.206 e. The van der Waals surface area contributed by atoms with Gasteiger partial charge in [-0.3, -0.25) is 10.1 Å². The predicted molar refractivity (Wildman–Crippen MR) is 57.3 cm³/mol. The largest absolute Gasteiger partial charge is 0.472 e. The highest BCUT2D eigenvalue weighted by molar-refractivity contribution is 5.56. The first-order chi connectivity index (χ1) is 7.28. The van der Waals surface area contributed by atoms with Crippen molar-refractivity contribution in [1.29, 1.82) is 0 Å². The Morgan fingerprint density at radius 2 is 2.13 bits per heavy atom. The van der Waals surface area contributed by atoms with Crippen LogP contribution in [-0.4, -0.2) is 19.1 Å². The van der Waals surface area contributed by atoms with E-state index in [1.807, 2.05) is 0 Å². The first kappa shape index (κ1) is 9.93. The van der Waals surface area contributed by atoms with Gasteiger partial charge in [-0.1, -0.05) is 30.8 Å². The van der Waals surface area contributed by atoms with Crippen molar-refractivity contribution in [1.82, 2.24) is 5.32 Å². The third-order valence-corrected chi connectivity index (χ3v) is 2.32. The van der Waals surface area contributed by atoms with E-state index in [1.165, 1.54) is 17.5 Å². The molecule has 78 valence electrons. The van der Waals surface area contributed by atoms with Crippen LogP contribution in [-0.2, 0) is 16.0 Å². The minimum Gasteiger partial charge on any atom is -0.472 e. The summed E-state index contributed by atoms with van der Waals surface area (Å²) in [4.78, 5) is 9.92. The Labute approximate surface area is 88.8 Å². The van der Waals surface area contributed by atoms with Crippen LogP contribution in [0.15, 0.2) is 36.6 Å². The van der Waals surface area contributed by atoms with Gasteiger partial charge in [-0.15, -0.1) is 0 Å². The number of hydrogen-bond donors (Lipinski definition) is 1. The van der Waals surface area contributed by atoms with Crippen LogP contribution in [0, 0.1) is 0 Å². The number of rotatable bonds is 1. The van der Waals surface area contributed by atoms with Gasteiger partial charge < -0.3 is 4.74 Å². The molecule has 1 aromatic rings. The van der Waals surface area contributed by atoms with E-state index in [0.29, 0.717) is 18.6 Å². The van der Waals surface area contributed by atoms with Gasteiger partial charge in [-0.05, 0) is 17.5 Å². The molecule has 1 atom stereocenters. The lowest BCUT2D eigenvalue weighted by Gasteiger charge is -2.11. The third-order valence-electron chi connectivity index (χ3n) is 2.32. The van der Waals surface area contributed by atoms with Crippen molar-refractivity contribution in [2.45, 2.75) is 12.6 Å². The molecule has 1 aliphatic heterocycles. The SMILES string of the molecule is C=C1CNC(C=O)O1.c1cc2cc(c1)C2. The monoisotopic (exact) mass is 203 g/mol. The molecule has 1 N–H and O–H groups in total. The molecule has 1 aromatic carbocycles. The summed E-state index contributed by atoms with van der Waals surface area (Å²) >= 11 is 0. The van der Waals surface area contributed by atoms with Crippen molar-refractivity contribution in [3.8, 4) is 0 Å². The second kappa shape index (κ2) is 4.28. The lowest BCUT2D eigenvalue weighted by atomic mass is 9.94. The molecule has 3 aliphatic rings. The Morgan fingerprint density at radius 3 is 2.33 bits per heavy atom. The van der Waals surface area contributed by atoms with E-state index in [0.717, 1.165) is 0 Å². The zero-order valence-corrected chi connectivity index (χ0v) is 8.40. The lowest BCUT2D eigenvalue weighted by Crippen LogP contribution is -2.23. The van der Waals surface area contributed by atoms with Crippen LogP contribution in [0.5, 0.6) is 0 Å². The number of hydrogen-bond acceptors (Lipinski definition) is 3. The van der Waals surface area contributed by atoms with Crippen molar-refractivity contribution in [3.63, 3.8) is 0 Å². The van der Waals surface area contributed by atoms with Crippen LogP contribution in [0.2, 0.25) is 0 Å². The maximum Gasteiger partial charge on any atom is 0.206 e. The molecule has 1 fully saturated rings.